The number of rotatable bonds is 10. The number of hydrogen-bond donors (Lipinski definition) is 5. The molecule has 0 saturated heterocycles. The van der Waals surface area contributed by atoms with Gasteiger partial charge in [0.15, 0.2) is 0 Å². The Bertz CT molecular complexity index is 528. The summed E-state index contributed by atoms with van der Waals surface area (Å²) >= 11 is 1.57. The summed E-state index contributed by atoms with van der Waals surface area (Å²) < 4.78 is 2.28. The zero-order valence-electron chi connectivity index (χ0n) is 14.3. The molecule has 0 bridgehead atoms. The number of primary amides is 1. The van der Waals surface area contributed by atoms with Crippen molar-refractivity contribution in [1.82, 2.24) is 19.5 Å². The molecule has 0 fully saturated rings. The minimum atomic E-state index is -1.14. The van der Waals surface area contributed by atoms with Crippen LogP contribution in [0.4, 0.5) is 0 Å². The minimum Gasteiger partial charge on any atom is -0.370 e. The van der Waals surface area contributed by atoms with E-state index in [0.29, 0.717) is 12.8 Å². The summed E-state index contributed by atoms with van der Waals surface area (Å²) in [4.78, 5) is 58.2. The summed E-state index contributed by atoms with van der Waals surface area (Å²) in [5, 5.41) is 7.28. The van der Waals surface area contributed by atoms with Gasteiger partial charge in [-0.25, -0.2) is 0 Å². The molecule has 11 heteroatoms. The summed E-state index contributed by atoms with van der Waals surface area (Å²) in [6.07, 6.45) is 0.581. The molecular formula is C14H24IN5O5. The first-order chi connectivity index (χ1) is 11.6. The van der Waals surface area contributed by atoms with Crippen molar-refractivity contribution in [2.24, 2.45) is 5.73 Å². The van der Waals surface area contributed by atoms with Crippen molar-refractivity contribution in [3.63, 3.8) is 0 Å². The second-order valence-corrected chi connectivity index (χ2v) is 6.00. The van der Waals surface area contributed by atoms with Gasteiger partial charge in [0.05, 0.1) is 29.3 Å². The van der Waals surface area contributed by atoms with E-state index in [4.69, 9.17) is 5.73 Å². The fourth-order valence-corrected chi connectivity index (χ4v) is 2.16. The molecule has 0 aromatic rings. The molecule has 25 heavy (non-hydrogen) atoms. The molecule has 142 valence electrons. The molecule has 0 heterocycles. The van der Waals surface area contributed by atoms with Crippen molar-refractivity contribution in [1.29, 1.82) is 0 Å². The Kier molecular flexibility index (Phi) is 10.7. The molecule has 0 aromatic heterocycles. The topological polar surface area (TPSA) is 159 Å². The molecule has 5 amide bonds. The Balaban J connectivity index is 4.65. The van der Waals surface area contributed by atoms with Gasteiger partial charge in [-0.2, -0.15) is 0 Å². The van der Waals surface area contributed by atoms with Crippen molar-refractivity contribution in [3.8, 4) is 0 Å². The van der Waals surface area contributed by atoms with Gasteiger partial charge in [0.2, 0.25) is 23.6 Å². The molecular weight excluding hydrogens is 445 g/mol. The van der Waals surface area contributed by atoms with Crippen LogP contribution in [0.25, 0.3) is 0 Å². The van der Waals surface area contributed by atoms with Crippen LogP contribution in [0.3, 0.4) is 0 Å². The van der Waals surface area contributed by atoms with Crippen LogP contribution in [-0.4, -0.2) is 47.7 Å². The van der Waals surface area contributed by atoms with Crippen LogP contribution in [0.2, 0.25) is 0 Å². The van der Waals surface area contributed by atoms with Gasteiger partial charge >= 0.3 is 0 Å². The lowest BCUT2D eigenvalue weighted by Crippen LogP contribution is -2.55. The Labute approximate surface area is 159 Å². The van der Waals surface area contributed by atoms with Gasteiger partial charge in [0.1, 0.15) is 18.1 Å². The highest BCUT2D eigenvalue weighted by atomic mass is 127. The fraction of sp³-hybridized carbons (Fsp3) is 0.643. The van der Waals surface area contributed by atoms with E-state index in [1.54, 1.807) is 22.9 Å². The predicted octanol–water partition coefficient (Wildman–Crippen LogP) is -1.38. The molecule has 0 aliphatic heterocycles. The molecule has 3 atom stereocenters. The average molecular weight is 469 g/mol. The van der Waals surface area contributed by atoms with E-state index in [0.717, 1.165) is 0 Å². The molecule has 0 aromatic carbocycles. The van der Waals surface area contributed by atoms with Crippen LogP contribution in [0.15, 0.2) is 0 Å². The van der Waals surface area contributed by atoms with Crippen molar-refractivity contribution in [2.75, 3.05) is 0 Å². The Morgan fingerprint density at radius 1 is 0.920 bits per heavy atom. The van der Waals surface area contributed by atoms with Crippen molar-refractivity contribution in [2.45, 2.75) is 58.2 Å². The number of halogens is 1. The first kappa shape index (κ1) is 23.1. The molecule has 0 aliphatic carbocycles. The standard InChI is InChI=1S/C14H24IN5O5/c1-4-5-11(22)17-7(2)12(23)18-8(3)13(24)19-9(6-10(16)21)14(25)20-15/h7-9H,4-6H2,1-3H3,(H2,16,21)(H,17,22)(H,18,23)(H,19,24)(H,20,25)/t7-,8+,9+/m0/s1. The average Bonchev–Trinajstić information content (AvgIpc) is 2.52. The van der Waals surface area contributed by atoms with E-state index < -0.39 is 41.8 Å². The monoisotopic (exact) mass is 469 g/mol. The van der Waals surface area contributed by atoms with Gasteiger partial charge in [0.25, 0.3) is 5.91 Å². The summed E-state index contributed by atoms with van der Waals surface area (Å²) in [5.41, 5.74) is 5.05. The third-order valence-electron chi connectivity index (χ3n) is 3.13. The molecule has 0 rings (SSSR count). The van der Waals surface area contributed by atoms with Crippen molar-refractivity contribution in [3.05, 3.63) is 0 Å². The van der Waals surface area contributed by atoms with E-state index in [2.05, 4.69) is 19.5 Å². The summed E-state index contributed by atoms with van der Waals surface area (Å²) in [5.74, 6) is -2.81. The van der Waals surface area contributed by atoms with Crippen LogP contribution in [0.1, 0.15) is 40.0 Å². The van der Waals surface area contributed by atoms with Crippen LogP contribution < -0.4 is 25.2 Å². The third kappa shape index (κ3) is 9.22. The van der Waals surface area contributed by atoms with E-state index in [1.165, 1.54) is 13.8 Å². The number of nitrogens with two attached hydrogens (primary N) is 1. The molecule has 10 nitrogen and oxygen atoms in total. The highest BCUT2D eigenvalue weighted by Gasteiger charge is 2.26. The lowest BCUT2D eigenvalue weighted by atomic mass is 10.1. The van der Waals surface area contributed by atoms with Gasteiger partial charge in [-0.15, -0.1) is 0 Å². The SMILES string of the molecule is CCCC(=O)N[C@@H](C)C(=O)N[C@H](C)C(=O)N[C@H](CC(N)=O)C(=O)NI. The molecule has 0 unspecified atom stereocenters. The number of amides is 5. The maximum atomic E-state index is 12.1. The van der Waals surface area contributed by atoms with Gasteiger partial charge < -0.3 is 21.7 Å². The molecule has 0 saturated carbocycles. The van der Waals surface area contributed by atoms with Gasteiger partial charge in [-0.1, -0.05) is 6.92 Å². The first-order valence-electron chi connectivity index (χ1n) is 7.71. The second-order valence-electron chi connectivity index (χ2n) is 5.46. The molecule has 6 N–H and O–H groups in total. The lowest BCUT2D eigenvalue weighted by molar-refractivity contribution is -0.133. The number of carbonyl (C=O) groups is 5. The van der Waals surface area contributed by atoms with Gasteiger partial charge in [-0.05, 0) is 20.3 Å². The van der Waals surface area contributed by atoms with E-state index in [1.807, 2.05) is 6.92 Å². The summed E-state index contributed by atoms with van der Waals surface area (Å²) in [6.45, 7) is 4.75. The van der Waals surface area contributed by atoms with Gasteiger partial charge in [-0.3, -0.25) is 27.5 Å². The first-order valence-corrected chi connectivity index (χ1v) is 8.79. The van der Waals surface area contributed by atoms with Crippen LogP contribution in [-0.2, 0) is 24.0 Å². The van der Waals surface area contributed by atoms with Crippen molar-refractivity contribution >= 4 is 52.4 Å². The van der Waals surface area contributed by atoms with Gasteiger partial charge in [0, 0.05) is 6.42 Å². The fourth-order valence-electron chi connectivity index (χ4n) is 1.78. The molecule has 0 radical (unpaired) electrons. The van der Waals surface area contributed by atoms with Crippen LogP contribution in [0, 0.1) is 0 Å². The maximum Gasteiger partial charge on any atom is 0.251 e. The Morgan fingerprint density at radius 2 is 1.44 bits per heavy atom. The van der Waals surface area contributed by atoms with E-state index in [-0.39, 0.29) is 12.3 Å². The highest BCUT2D eigenvalue weighted by molar-refractivity contribution is 14.1. The zero-order valence-corrected chi connectivity index (χ0v) is 16.5. The smallest absolute Gasteiger partial charge is 0.251 e. The number of carbonyl (C=O) groups excluding carboxylic acids is 5. The largest absolute Gasteiger partial charge is 0.370 e. The zero-order chi connectivity index (χ0) is 19.6. The number of nitrogens with one attached hydrogen (secondary N) is 4. The van der Waals surface area contributed by atoms with E-state index in [9.17, 15) is 24.0 Å². The van der Waals surface area contributed by atoms with Crippen LogP contribution in [0.5, 0.6) is 0 Å². The lowest BCUT2D eigenvalue weighted by Gasteiger charge is -2.21. The summed E-state index contributed by atoms with van der Waals surface area (Å²) in [7, 11) is 0. The maximum absolute atomic E-state index is 12.1. The van der Waals surface area contributed by atoms with E-state index >= 15 is 0 Å². The Hall–Kier alpha value is -1.92. The minimum absolute atomic E-state index is 0.262. The predicted molar refractivity (Wildman–Crippen MR) is 98.0 cm³/mol. The normalized spacial score (nSPS) is 13.8. The van der Waals surface area contributed by atoms with Crippen LogP contribution >= 0.6 is 22.9 Å². The quantitative estimate of drug-likeness (QED) is 0.197. The number of hydrogen-bond acceptors (Lipinski definition) is 5. The Morgan fingerprint density at radius 3 is 1.92 bits per heavy atom. The third-order valence-corrected chi connectivity index (χ3v) is 3.66. The second kappa shape index (κ2) is 11.6. The molecule has 0 spiro atoms. The van der Waals surface area contributed by atoms with Crippen molar-refractivity contribution < 1.29 is 24.0 Å². The summed E-state index contributed by atoms with van der Waals surface area (Å²) in [6, 6.07) is -2.92. The molecule has 0 aliphatic rings. The highest BCUT2D eigenvalue weighted by Crippen LogP contribution is 1.96.